The van der Waals surface area contributed by atoms with Gasteiger partial charge in [0, 0.05) is 12.8 Å². The number of carboxylic acids is 1. The number of aliphatic carboxylic acids is 1. The maximum absolute atomic E-state index is 10.3. The van der Waals surface area contributed by atoms with E-state index >= 15 is 0 Å². The third kappa shape index (κ3) is 15.9. The Balaban J connectivity index is 3.38. The highest BCUT2D eigenvalue weighted by molar-refractivity contribution is 5.66. The van der Waals surface area contributed by atoms with E-state index in [4.69, 9.17) is 5.11 Å². The van der Waals surface area contributed by atoms with Gasteiger partial charge in [-0.2, -0.15) is 0 Å². The van der Waals surface area contributed by atoms with Gasteiger partial charge in [0.1, 0.15) is 0 Å². The van der Waals surface area contributed by atoms with Crippen LogP contribution >= 0.6 is 0 Å². The zero-order chi connectivity index (χ0) is 14.9. The largest absolute Gasteiger partial charge is 0.481 e. The van der Waals surface area contributed by atoms with Crippen molar-refractivity contribution in [3.63, 3.8) is 0 Å². The molecule has 0 aromatic heterocycles. The predicted octanol–water partition coefficient (Wildman–Crippen LogP) is 3.78. The van der Waals surface area contributed by atoms with Crippen LogP contribution in [0.1, 0.15) is 58.3 Å². The van der Waals surface area contributed by atoms with Crippen LogP contribution in [-0.4, -0.2) is 11.1 Å². The summed E-state index contributed by atoms with van der Waals surface area (Å²) in [5.74, 6) is 15.6. The molecule has 106 valence electrons. The fourth-order valence-electron chi connectivity index (χ4n) is 1.55. The van der Waals surface area contributed by atoms with E-state index in [-0.39, 0.29) is 0 Å². The summed E-state index contributed by atoms with van der Waals surface area (Å²) < 4.78 is 0. The van der Waals surface area contributed by atoms with Crippen LogP contribution in [0, 0.1) is 35.5 Å². The molecule has 20 heavy (non-hydrogen) atoms. The van der Waals surface area contributed by atoms with E-state index in [1.54, 1.807) is 6.92 Å². The Morgan fingerprint density at radius 3 is 2.40 bits per heavy atom. The molecule has 0 atom stereocenters. The zero-order valence-electron chi connectivity index (χ0n) is 12.2. The Labute approximate surface area is 122 Å². The predicted molar refractivity (Wildman–Crippen MR) is 82.7 cm³/mol. The minimum Gasteiger partial charge on any atom is -0.481 e. The van der Waals surface area contributed by atoms with E-state index in [2.05, 4.69) is 47.7 Å². The monoisotopic (exact) mass is 270 g/mol. The molecule has 0 bridgehead atoms. The number of allylic oxidation sites excluding steroid dienone is 2. The van der Waals surface area contributed by atoms with Crippen molar-refractivity contribution in [2.24, 2.45) is 0 Å². The van der Waals surface area contributed by atoms with Gasteiger partial charge in [-0.05, 0) is 49.9 Å². The molecule has 2 nitrogen and oxygen atoms in total. The van der Waals surface area contributed by atoms with Crippen LogP contribution in [-0.2, 0) is 4.79 Å². The number of hydrogen-bond donors (Lipinski definition) is 1. The second-order valence-corrected chi connectivity index (χ2v) is 4.30. The molecular formula is C18H22O2. The van der Waals surface area contributed by atoms with Gasteiger partial charge in [-0.25, -0.2) is 0 Å². The van der Waals surface area contributed by atoms with Gasteiger partial charge in [0.25, 0.3) is 0 Å². The average Bonchev–Trinajstić information content (AvgIpc) is 2.43. The topological polar surface area (TPSA) is 37.3 Å². The fourth-order valence-corrected chi connectivity index (χ4v) is 1.55. The first-order valence-electron chi connectivity index (χ1n) is 7.03. The molecule has 0 amide bonds. The highest BCUT2D eigenvalue weighted by Crippen LogP contribution is 2.07. The zero-order valence-corrected chi connectivity index (χ0v) is 12.2. The van der Waals surface area contributed by atoms with Crippen molar-refractivity contribution < 1.29 is 9.90 Å². The van der Waals surface area contributed by atoms with Gasteiger partial charge in [0.15, 0.2) is 0 Å². The van der Waals surface area contributed by atoms with E-state index in [1.165, 1.54) is 0 Å². The van der Waals surface area contributed by atoms with E-state index in [0.717, 1.165) is 44.9 Å². The minimum absolute atomic E-state index is 0.297. The van der Waals surface area contributed by atoms with Gasteiger partial charge in [0.2, 0.25) is 0 Å². The Morgan fingerprint density at radius 1 is 0.950 bits per heavy atom. The Bertz CT molecular complexity index is 467. The molecule has 1 N–H and O–H groups in total. The first kappa shape index (κ1) is 17.9. The van der Waals surface area contributed by atoms with Crippen molar-refractivity contribution in [3.05, 3.63) is 12.2 Å². The third-order valence-electron chi connectivity index (χ3n) is 2.55. The fraction of sp³-hybridized carbons (Fsp3) is 0.500. The molecule has 0 rings (SSSR count). The van der Waals surface area contributed by atoms with Crippen LogP contribution < -0.4 is 0 Å². The van der Waals surface area contributed by atoms with Crippen LogP contribution in [0.25, 0.3) is 0 Å². The summed E-state index contributed by atoms with van der Waals surface area (Å²) in [6, 6.07) is 0. The van der Waals surface area contributed by atoms with Crippen LogP contribution in [0.4, 0.5) is 0 Å². The summed E-state index contributed by atoms with van der Waals surface area (Å²) in [4.78, 5) is 10.3. The SMILES string of the molecule is CC#CC#CC#CC/C=C/CCCCCCCC(=O)O. The number of unbranched alkanes of at least 4 members (excludes halogenated alkanes) is 5. The molecule has 0 aliphatic heterocycles. The van der Waals surface area contributed by atoms with Crippen molar-refractivity contribution >= 4 is 5.97 Å². The Kier molecular flexibility index (Phi) is 13.4. The van der Waals surface area contributed by atoms with Crippen molar-refractivity contribution in [3.8, 4) is 35.5 Å². The highest BCUT2D eigenvalue weighted by atomic mass is 16.4. The number of rotatable bonds is 9. The molecule has 0 aliphatic rings. The van der Waals surface area contributed by atoms with Crippen molar-refractivity contribution in [1.82, 2.24) is 0 Å². The second kappa shape index (κ2) is 14.9. The molecule has 0 heterocycles. The van der Waals surface area contributed by atoms with E-state index in [9.17, 15) is 4.79 Å². The van der Waals surface area contributed by atoms with Crippen molar-refractivity contribution in [2.45, 2.75) is 58.3 Å². The normalized spacial score (nSPS) is 8.85. The van der Waals surface area contributed by atoms with Crippen LogP contribution in [0.3, 0.4) is 0 Å². The van der Waals surface area contributed by atoms with Crippen molar-refractivity contribution in [2.75, 3.05) is 0 Å². The van der Waals surface area contributed by atoms with Gasteiger partial charge in [-0.3, -0.25) is 4.79 Å². The smallest absolute Gasteiger partial charge is 0.303 e. The lowest BCUT2D eigenvalue weighted by Gasteiger charge is -1.97. The minimum atomic E-state index is -0.694. The molecule has 0 radical (unpaired) electrons. The Morgan fingerprint density at radius 2 is 1.65 bits per heavy atom. The first-order chi connectivity index (χ1) is 9.77. The van der Waals surface area contributed by atoms with E-state index in [0.29, 0.717) is 6.42 Å². The molecule has 0 unspecified atom stereocenters. The van der Waals surface area contributed by atoms with E-state index < -0.39 is 5.97 Å². The molecule has 0 aromatic carbocycles. The van der Waals surface area contributed by atoms with Crippen LogP contribution in [0.5, 0.6) is 0 Å². The summed E-state index contributed by atoms with van der Waals surface area (Å²) in [6.45, 7) is 1.75. The molecule has 0 fully saturated rings. The summed E-state index contributed by atoms with van der Waals surface area (Å²) >= 11 is 0. The summed E-state index contributed by atoms with van der Waals surface area (Å²) in [5.41, 5.74) is 0. The maximum atomic E-state index is 10.3. The number of carbonyl (C=O) groups is 1. The summed E-state index contributed by atoms with van der Waals surface area (Å²) in [6.07, 6.45) is 11.5. The van der Waals surface area contributed by atoms with Gasteiger partial charge in [-0.15, -0.1) is 0 Å². The molecular weight excluding hydrogens is 248 g/mol. The maximum Gasteiger partial charge on any atom is 0.303 e. The van der Waals surface area contributed by atoms with Crippen LogP contribution in [0.15, 0.2) is 12.2 Å². The Hall–Kier alpha value is -2.11. The van der Waals surface area contributed by atoms with Gasteiger partial charge >= 0.3 is 5.97 Å². The quantitative estimate of drug-likeness (QED) is 0.393. The van der Waals surface area contributed by atoms with Gasteiger partial charge in [-0.1, -0.05) is 43.3 Å². The summed E-state index contributed by atoms with van der Waals surface area (Å²) in [7, 11) is 0. The first-order valence-corrected chi connectivity index (χ1v) is 7.03. The van der Waals surface area contributed by atoms with Gasteiger partial charge in [0.05, 0.1) is 0 Å². The lowest BCUT2D eigenvalue weighted by Crippen LogP contribution is -1.93. The summed E-state index contributed by atoms with van der Waals surface area (Å²) in [5, 5.41) is 8.48. The highest BCUT2D eigenvalue weighted by Gasteiger charge is 1.95. The molecule has 2 heteroatoms. The number of hydrogen-bond acceptors (Lipinski definition) is 1. The molecule has 0 aromatic rings. The van der Waals surface area contributed by atoms with Crippen molar-refractivity contribution in [1.29, 1.82) is 0 Å². The number of carboxylic acid groups (broad SMARTS) is 1. The van der Waals surface area contributed by atoms with Crippen LogP contribution in [0.2, 0.25) is 0 Å². The second-order valence-electron chi connectivity index (χ2n) is 4.30. The molecule has 0 aliphatic carbocycles. The third-order valence-corrected chi connectivity index (χ3v) is 2.55. The lowest BCUT2D eigenvalue weighted by molar-refractivity contribution is -0.137. The van der Waals surface area contributed by atoms with Gasteiger partial charge < -0.3 is 5.11 Å². The average molecular weight is 270 g/mol. The molecule has 0 spiro atoms. The molecule has 0 saturated heterocycles. The lowest BCUT2D eigenvalue weighted by atomic mass is 10.1. The van der Waals surface area contributed by atoms with E-state index in [1.807, 2.05) is 0 Å². The molecule has 0 saturated carbocycles. The standard InChI is InChI=1S/C18H22O2/c1-2-3-4-5-6-7-8-9-10-11-12-13-14-15-16-17-18(19)20/h9-10H,8,11-17H2,1H3,(H,19,20)/b10-9+.